The van der Waals surface area contributed by atoms with E-state index in [2.05, 4.69) is 20.6 Å². The number of fused-ring (bicyclic) bond motifs is 1. The lowest BCUT2D eigenvalue weighted by Gasteiger charge is -2.10. The van der Waals surface area contributed by atoms with Gasteiger partial charge in [0.15, 0.2) is 11.2 Å². The Morgan fingerprint density at radius 3 is 2.66 bits per heavy atom. The number of benzene rings is 2. The van der Waals surface area contributed by atoms with Crippen LogP contribution in [0.2, 0.25) is 0 Å². The molecule has 1 N–H and O–H groups in total. The number of aryl methyl sites for hydroxylation is 2. The lowest BCUT2D eigenvalue weighted by molar-refractivity contribution is -0.116. The SMILES string of the molecule is Cc1ccc(NC(=O)Cn2cnc3c(nnn3Cc3ccccc3)c2=O)c(C)c1. The number of amides is 1. The van der Waals surface area contributed by atoms with Gasteiger partial charge in [0.1, 0.15) is 12.9 Å². The number of rotatable bonds is 5. The highest BCUT2D eigenvalue weighted by molar-refractivity contribution is 5.91. The van der Waals surface area contributed by atoms with Gasteiger partial charge >= 0.3 is 0 Å². The van der Waals surface area contributed by atoms with Crippen LogP contribution >= 0.6 is 0 Å². The van der Waals surface area contributed by atoms with E-state index in [4.69, 9.17) is 0 Å². The van der Waals surface area contributed by atoms with Crippen LogP contribution < -0.4 is 10.9 Å². The molecular formula is C21H20N6O2. The average molecular weight is 388 g/mol. The Hall–Kier alpha value is -3.81. The number of anilines is 1. The van der Waals surface area contributed by atoms with Crippen LogP contribution in [0.5, 0.6) is 0 Å². The van der Waals surface area contributed by atoms with E-state index < -0.39 is 5.56 Å². The van der Waals surface area contributed by atoms with Gasteiger partial charge in [0.2, 0.25) is 5.91 Å². The summed E-state index contributed by atoms with van der Waals surface area (Å²) in [4.78, 5) is 29.4. The van der Waals surface area contributed by atoms with Crippen molar-refractivity contribution in [3.8, 4) is 0 Å². The molecule has 8 heteroatoms. The third kappa shape index (κ3) is 3.91. The van der Waals surface area contributed by atoms with Crippen LogP contribution in [0, 0.1) is 13.8 Å². The smallest absolute Gasteiger partial charge is 0.283 e. The first-order chi connectivity index (χ1) is 14.0. The Morgan fingerprint density at radius 2 is 1.90 bits per heavy atom. The zero-order chi connectivity index (χ0) is 20.4. The summed E-state index contributed by atoms with van der Waals surface area (Å²) in [7, 11) is 0. The maximum absolute atomic E-state index is 12.7. The third-order valence-corrected chi connectivity index (χ3v) is 4.64. The minimum Gasteiger partial charge on any atom is -0.324 e. The lowest BCUT2D eigenvalue weighted by Crippen LogP contribution is -2.28. The van der Waals surface area contributed by atoms with E-state index in [9.17, 15) is 9.59 Å². The van der Waals surface area contributed by atoms with Crippen LogP contribution in [0.4, 0.5) is 5.69 Å². The van der Waals surface area contributed by atoms with Crippen molar-refractivity contribution in [3.05, 3.63) is 81.9 Å². The molecule has 1 amide bonds. The number of carbonyl (C=O) groups is 1. The van der Waals surface area contributed by atoms with Crippen molar-refractivity contribution in [2.75, 3.05) is 5.32 Å². The van der Waals surface area contributed by atoms with Gasteiger partial charge < -0.3 is 5.32 Å². The van der Waals surface area contributed by atoms with Gasteiger partial charge in [-0.1, -0.05) is 53.2 Å². The third-order valence-electron chi connectivity index (χ3n) is 4.64. The Morgan fingerprint density at radius 1 is 1.10 bits per heavy atom. The summed E-state index contributed by atoms with van der Waals surface area (Å²) >= 11 is 0. The van der Waals surface area contributed by atoms with Crippen molar-refractivity contribution >= 4 is 22.8 Å². The zero-order valence-electron chi connectivity index (χ0n) is 16.2. The fourth-order valence-corrected chi connectivity index (χ4v) is 3.16. The summed E-state index contributed by atoms with van der Waals surface area (Å²) in [5.74, 6) is -0.308. The largest absolute Gasteiger partial charge is 0.324 e. The van der Waals surface area contributed by atoms with E-state index >= 15 is 0 Å². The Labute approximate surface area is 166 Å². The maximum atomic E-state index is 12.7. The number of aromatic nitrogens is 5. The topological polar surface area (TPSA) is 94.7 Å². The van der Waals surface area contributed by atoms with Crippen LogP contribution in [0.15, 0.2) is 59.7 Å². The van der Waals surface area contributed by atoms with E-state index in [1.54, 1.807) is 4.68 Å². The van der Waals surface area contributed by atoms with E-state index in [1.165, 1.54) is 10.9 Å². The van der Waals surface area contributed by atoms with Gasteiger partial charge in [-0.15, -0.1) is 5.10 Å². The van der Waals surface area contributed by atoms with Crippen molar-refractivity contribution in [2.24, 2.45) is 0 Å². The summed E-state index contributed by atoms with van der Waals surface area (Å²) in [6.07, 6.45) is 1.36. The number of nitrogens with zero attached hydrogens (tertiary/aromatic N) is 5. The molecule has 0 aliphatic rings. The van der Waals surface area contributed by atoms with Crippen molar-refractivity contribution < 1.29 is 4.79 Å². The zero-order valence-corrected chi connectivity index (χ0v) is 16.2. The summed E-state index contributed by atoms with van der Waals surface area (Å²) in [6.45, 7) is 4.22. The quantitative estimate of drug-likeness (QED) is 0.566. The van der Waals surface area contributed by atoms with Gasteiger partial charge in [-0.25, -0.2) is 9.67 Å². The fourth-order valence-electron chi connectivity index (χ4n) is 3.16. The van der Waals surface area contributed by atoms with Gasteiger partial charge in [-0.2, -0.15) is 0 Å². The molecule has 29 heavy (non-hydrogen) atoms. The molecule has 0 unspecified atom stereocenters. The molecule has 4 rings (SSSR count). The molecule has 8 nitrogen and oxygen atoms in total. The van der Waals surface area contributed by atoms with Crippen molar-refractivity contribution in [1.82, 2.24) is 24.5 Å². The summed E-state index contributed by atoms with van der Waals surface area (Å²) in [5.41, 5.74) is 3.96. The number of carbonyl (C=O) groups excluding carboxylic acids is 1. The van der Waals surface area contributed by atoms with Crippen LogP contribution in [0.3, 0.4) is 0 Å². The molecule has 0 atom stereocenters. The second-order valence-corrected chi connectivity index (χ2v) is 6.95. The van der Waals surface area contributed by atoms with Gasteiger partial charge in [-0.05, 0) is 31.0 Å². The monoisotopic (exact) mass is 388 g/mol. The predicted octanol–water partition coefficient (Wildman–Crippen LogP) is 2.29. The number of hydrogen-bond donors (Lipinski definition) is 1. The Balaban J connectivity index is 1.55. The molecule has 0 saturated heterocycles. The molecule has 0 fully saturated rings. The van der Waals surface area contributed by atoms with Gasteiger partial charge in [0.05, 0.1) is 6.54 Å². The van der Waals surface area contributed by atoms with Gasteiger partial charge in [0, 0.05) is 5.69 Å². The summed E-state index contributed by atoms with van der Waals surface area (Å²) < 4.78 is 2.81. The molecular weight excluding hydrogens is 368 g/mol. The molecule has 0 radical (unpaired) electrons. The van der Waals surface area contributed by atoms with Crippen LogP contribution in [0.25, 0.3) is 11.2 Å². The second-order valence-electron chi connectivity index (χ2n) is 6.95. The molecule has 0 aliphatic carbocycles. The van der Waals surface area contributed by atoms with E-state index in [-0.39, 0.29) is 18.0 Å². The highest BCUT2D eigenvalue weighted by Gasteiger charge is 2.14. The maximum Gasteiger partial charge on any atom is 0.283 e. The van der Waals surface area contributed by atoms with Crippen LogP contribution in [-0.4, -0.2) is 30.5 Å². The Bertz CT molecular complexity index is 1240. The van der Waals surface area contributed by atoms with Crippen LogP contribution in [0.1, 0.15) is 16.7 Å². The minimum atomic E-state index is -0.398. The lowest BCUT2D eigenvalue weighted by atomic mass is 10.1. The highest BCUT2D eigenvalue weighted by Crippen LogP contribution is 2.16. The fraction of sp³-hybridized carbons (Fsp3) is 0.190. The van der Waals surface area contributed by atoms with Gasteiger partial charge in [-0.3, -0.25) is 14.2 Å². The van der Waals surface area contributed by atoms with Crippen LogP contribution in [-0.2, 0) is 17.9 Å². The summed E-state index contributed by atoms with van der Waals surface area (Å²) in [6, 6.07) is 15.5. The predicted molar refractivity (Wildman–Crippen MR) is 110 cm³/mol. The molecule has 2 aromatic heterocycles. The van der Waals surface area contributed by atoms with E-state index in [0.29, 0.717) is 12.2 Å². The average Bonchev–Trinajstić information content (AvgIpc) is 3.10. The highest BCUT2D eigenvalue weighted by atomic mass is 16.2. The van der Waals surface area contributed by atoms with Crippen molar-refractivity contribution in [3.63, 3.8) is 0 Å². The second kappa shape index (κ2) is 7.67. The standard InChI is InChI=1S/C21H20N6O2/c1-14-8-9-17(15(2)10-14)23-18(28)12-26-13-22-20-19(21(26)29)24-25-27(20)11-16-6-4-3-5-7-16/h3-10,13H,11-12H2,1-2H3,(H,23,28). The minimum absolute atomic E-state index is 0.141. The first-order valence-electron chi connectivity index (χ1n) is 9.21. The molecule has 2 heterocycles. The van der Waals surface area contributed by atoms with E-state index in [0.717, 1.165) is 22.4 Å². The number of hydrogen-bond acceptors (Lipinski definition) is 5. The van der Waals surface area contributed by atoms with Gasteiger partial charge in [0.25, 0.3) is 5.56 Å². The molecule has 146 valence electrons. The Kier molecular flexibility index (Phi) is 4.90. The van der Waals surface area contributed by atoms with E-state index in [1.807, 2.05) is 62.4 Å². The van der Waals surface area contributed by atoms with Crippen molar-refractivity contribution in [1.29, 1.82) is 0 Å². The first kappa shape index (κ1) is 18.5. The molecule has 4 aromatic rings. The molecule has 2 aromatic carbocycles. The first-order valence-corrected chi connectivity index (χ1v) is 9.21. The van der Waals surface area contributed by atoms with Crippen molar-refractivity contribution in [2.45, 2.75) is 26.9 Å². The molecule has 0 aliphatic heterocycles. The molecule has 0 spiro atoms. The normalized spacial score (nSPS) is 11.0. The number of nitrogens with one attached hydrogen (secondary N) is 1. The molecule has 0 bridgehead atoms. The molecule has 0 saturated carbocycles. The summed E-state index contributed by atoms with van der Waals surface area (Å²) in [5, 5.41) is 10.9.